The van der Waals surface area contributed by atoms with Crippen molar-refractivity contribution in [1.29, 1.82) is 0 Å². The van der Waals surface area contributed by atoms with Gasteiger partial charge in [-0.2, -0.15) is 0 Å². The van der Waals surface area contributed by atoms with Gasteiger partial charge in [0.05, 0.1) is 17.5 Å². The van der Waals surface area contributed by atoms with Crippen LogP contribution in [0.5, 0.6) is 0 Å². The lowest BCUT2D eigenvalue weighted by Crippen LogP contribution is -2.43. The van der Waals surface area contributed by atoms with E-state index in [9.17, 15) is 8.42 Å². The van der Waals surface area contributed by atoms with E-state index in [0.29, 0.717) is 5.69 Å². The molecule has 3 saturated carbocycles. The van der Waals surface area contributed by atoms with Crippen molar-refractivity contribution in [2.75, 3.05) is 5.75 Å². The van der Waals surface area contributed by atoms with Crippen molar-refractivity contribution in [1.82, 2.24) is 14.3 Å². The standard InChI is InChI=1S/C13H21N3O2S2/c1-10(12-8-19-16-14-12)15-20(17,18)9-13-5-2-11(3-6-13)4-7-13/h8,10-11,15H,2-7,9H2,1H3. The van der Waals surface area contributed by atoms with E-state index < -0.39 is 10.0 Å². The van der Waals surface area contributed by atoms with Crippen LogP contribution < -0.4 is 4.72 Å². The normalized spacial score (nSPS) is 31.4. The SMILES string of the molecule is CC(NS(=O)(=O)CC12CCC(CC1)CC2)c1csnn1. The molecule has 0 amide bonds. The molecule has 20 heavy (non-hydrogen) atoms. The summed E-state index contributed by atoms with van der Waals surface area (Å²) in [7, 11) is -3.27. The monoisotopic (exact) mass is 315 g/mol. The van der Waals surface area contributed by atoms with E-state index in [4.69, 9.17) is 0 Å². The van der Waals surface area contributed by atoms with Gasteiger partial charge in [-0.25, -0.2) is 13.1 Å². The van der Waals surface area contributed by atoms with Crippen molar-refractivity contribution in [2.24, 2.45) is 11.3 Å². The third-order valence-electron chi connectivity index (χ3n) is 4.92. The summed E-state index contributed by atoms with van der Waals surface area (Å²) in [6, 6.07) is -0.296. The lowest BCUT2D eigenvalue weighted by Gasteiger charge is -2.46. The number of nitrogens with one attached hydrogen (secondary N) is 1. The lowest BCUT2D eigenvalue weighted by molar-refractivity contribution is 0.0858. The van der Waals surface area contributed by atoms with E-state index in [1.54, 1.807) is 5.38 Å². The highest BCUT2D eigenvalue weighted by Crippen LogP contribution is 2.50. The van der Waals surface area contributed by atoms with Crippen molar-refractivity contribution in [3.63, 3.8) is 0 Å². The molecule has 0 saturated heterocycles. The van der Waals surface area contributed by atoms with Crippen LogP contribution in [0.2, 0.25) is 0 Å². The first kappa shape index (κ1) is 14.4. The quantitative estimate of drug-likeness (QED) is 0.906. The summed E-state index contributed by atoms with van der Waals surface area (Å²) in [6.07, 6.45) is 6.85. The second kappa shape index (κ2) is 5.35. The Morgan fingerprint density at radius 3 is 2.60 bits per heavy atom. The van der Waals surface area contributed by atoms with E-state index in [-0.39, 0.29) is 17.2 Å². The number of sulfonamides is 1. The predicted octanol–water partition coefficient (Wildman–Crippen LogP) is 2.49. The molecule has 4 rings (SSSR count). The molecule has 2 bridgehead atoms. The maximum atomic E-state index is 12.4. The van der Waals surface area contributed by atoms with Crippen LogP contribution in [0.3, 0.4) is 0 Å². The molecular formula is C13H21N3O2S2. The topological polar surface area (TPSA) is 72.0 Å². The van der Waals surface area contributed by atoms with E-state index in [2.05, 4.69) is 14.3 Å². The summed E-state index contributed by atoms with van der Waals surface area (Å²) in [5.74, 6) is 1.13. The van der Waals surface area contributed by atoms with Crippen molar-refractivity contribution in [3.05, 3.63) is 11.1 Å². The zero-order valence-corrected chi connectivity index (χ0v) is 13.3. The molecule has 1 heterocycles. The average molecular weight is 315 g/mol. The summed E-state index contributed by atoms with van der Waals surface area (Å²) in [5.41, 5.74) is 0.726. The van der Waals surface area contributed by atoms with Gasteiger partial charge in [-0.15, -0.1) is 5.10 Å². The molecule has 1 aromatic heterocycles. The lowest BCUT2D eigenvalue weighted by atomic mass is 9.62. The van der Waals surface area contributed by atoms with Crippen LogP contribution >= 0.6 is 11.5 Å². The Morgan fingerprint density at radius 2 is 2.05 bits per heavy atom. The molecule has 3 fully saturated rings. The maximum Gasteiger partial charge on any atom is 0.212 e. The zero-order valence-electron chi connectivity index (χ0n) is 11.7. The third kappa shape index (κ3) is 3.04. The van der Waals surface area contributed by atoms with Gasteiger partial charge in [0.15, 0.2) is 0 Å². The molecule has 1 atom stereocenters. The highest BCUT2D eigenvalue weighted by atomic mass is 32.2. The van der Waals surface area contributed by atoms with Gasteiger partial charge in [-0.1, -0.05) is 4.49 Å². The van der Waals surface area contributed by atoms with Crippen LogP contribution in [-0.2, 0) is 10.0 Å². The van der Waals surface area contributed by atoms with Crippen molar-refractivity contribution in [3.8, 4) is 0 Å². The summed E-state index contributed by atoms with van der Waals surface area (Å²) in [4.78, 5) is 0. The fraction of sp³-hybridized carbons (Fsp3) is 0.846. The van der Waals surface area contributed by atoms with E-state index in [0.717, 1.165) is 25.2 Å². The van der Waals surface area contributed by atoms with Gasteiger partial charge in [-0.3, -0.25) is 0 Å². The first-order valence-electron chi connectivity index (χ1n) is 7.25. The van der Waals surface area contributed by atoms with Gasteiger partial charge in [0.2, 0.25) is 10.0 Å². The Balaban J connectivity index is 1.66. The Morgan fingerprint density at radius 1 is 1.40 bits per heavy atom. The van der Waals surface area contributed by atoms with Gasteiger partial charge in [0, 0.05) is 5.38 Å². The Labute approximate surface area is 124 Å². The minimum absolute atomic E-state index is 0.0284. The number of nitrogens with zero attached hydrogens (tertiary/aromatic N) is 2. The fourth-order valence-electron chi connectivity index (χ4n) is 3.69. The molecule has 7 heteroatoms. The predicted molar refractivity (Wildman–Crippen MR) is 78.9 cm³/mol. The molecule has 3 aliphatic rings. The van der Waals surface area contributed by atoms with Crippen LogP contribution in [0.4, 0.5) is 0 Å². The first-order valence-corrected chi connectivity index (χ1v) is 9.74. The van der Waals surface area contributed by atoms with Crippen LogP contribution in [-0.4, -0.2) is 23.8 Å². The van der Waals surface area contributed by atoms with Gasteiger partial charge in [-0.05, 0) is 68.3 Å². The van der Waals surface area contributed by atoms with Gasteiger partial charge in [0.1, 0.15) is 0 Å². The molecule has 5 nitrogen and oxygen atoms in total. The molecule has 3 aliphatic carbocycles. The maximum absolute atomic E-state index is 12.4. The number of hydrogen-bond acceptors (Lipinski definition) is 5. The second-order valence-electron chi connectivity index (χ2n) is 6.41. The van der Waals surface area contributed by atoms with Gasteiger partial charge >= 0.3 is 0 Å². The molecule has 0 aliphatic heterocycles. The zero-order chi connectivity index (χ0) is 14.2. The largest absolute Gasteiger partial charge is 0.212 e. The average Bonchev–Trinajstić information content (AvgIpc) is 2.93. The molecule has 112 valence electrons. The Hall–Kier alpha value is -0.530. The molecule has 0 radical (unpaired) electrons. The summed E-state index contributed by atoms with van der Waals surface area (Å²) in [5, 5.41) is 5.72. The van der Waals surface area contributed by atoms with Crippen LogP contribution in [0.1, 0.15) is 57.2 Å². The Kier molecular flexibility index (Phi) is 3.85. The van der Waals surface area contributed by atoms with Crippen LogP contribution in [0, 0.1) is 11.3 Å². The molecule has 0 spiro atoms. The third-order valence-corrected chi connectivity index (χ3v) is 7.15. The van der Waals surface area contributed by atoms with Crippen LogP contribution in [0.25, 0.3) is 0 Å². The Bertz CT molecular complexity index is 534. The van der Waals surface area contributed by atoms with Crippen molar-refractivity contribution < 1.29 is 8.42 Å². The van der Waals surface area contributed by atoms with Gasteiger partial charge in [0.25, 0.3) is 0 Å². The number of hydrogen-bond donors (Lipinski definition) is 1. The molecule has 1 N–H and O–H groups in total. The number of fused-ring (bicyclic) bond motifs is 3. The molecule has 1 aromatic rings. The van der Waals surface area contributed by atoms with E-state index in [1.165, 1.54) is 30.8 Å². The second-order valence-corrected chi connectivity index (χ2v) is 8.77. The van der Waals surface area contributed by atoms with E-state index in [1.807, 2.05) is 6.92 Å². The molecule has 0 aromatic carbocycles. The minimum Gasteiger partial charge on any atom is -0.212 e. The molecule has 1 unspecified atom stereocenters. The van der Waals surface area contributed by atoms with E-state index >= 15 is 0 Å². The van der Waals surface area contributed by atoms with Crippen molar-refractivity contribution in [2.45, 2.75) is 51.5 Å². The summed E-state index contributed by atoms with van der Waals surface area (Å²) in [6.45, 7) is 1.82. The van der Waals surface area contributed by atoms with Crippen molar-refractivity contribution >= 4 is 21.6 Å². The number of rotatable bonds is 5. The highest BCUT2D eigenvalue weighted by Gasteiger charge is 2.43. The minimum atomic E-state index is -3.27. The molecular weight excluding hydrogens is 294 g/mol. The van der Waals surface area contributed by atoms with Crippen LogP contribution in [0.15, 0.2) is 5.38 Å². The summed E-state index contributed by atoms with van der Waals surface area (Å²) < 4.78 is 31.4. The highest BCUT2D eigenvalue weighted by molar-refractivity contribution is 7.89. The number of aromatic nitrogens is 2. The first-order chi connectivity index (χ1) is 9.48. The smallest absolute Gasteiger partial charge is 0.212 e. The van der Waals surface area contributed by atoms with Gasteiger partial charge < -0.3 is 0 Å². The summed E-state index contributed by atoms with van der Waals surface area (Å²) >= 11 is 1.24. The fourth-order valence-corrected chi connectivity index (χ4v) is 6.22.